The van der Waals surface area contributed by atoms with Gasteiger partial charge in [-0.2, -0.15) is 0 Å². The van der Waals surface area contributed by atoms with Gasteiger partial charge in [-0.1, -0.05) is 22.9 Å². The third-order valence-corrected chi connectivity index (χ3v) is 3.82. The lowest BCUT2D eigenvalue weighted by Gasteiger charge is -2.05. The fraction of sp³-hybridized carbons (Fsp3) is 0.118. The molecule has 0 saturated carbocycles. The minimum Gasteiger partial charge on any atom is -0.403 e. The minimum atomic E-state index is -0.435. The molecular formula is C17H13BrN2O3. The summed E-state index contributed by atoms with van der Waals surface area (Å²) in [4.78, 5) is 27.8. The molecule has 3 rings (SSSR count). The van der Waals surface area contributed by atoms with E-state index in [1.165, 1.54) is 0 Å². The molecule has 116 valence electrons. The summed E-state index contributed by atoms with van der Waals surface area (Å²) >= 11 is 3.32. The number of hydrogen-bond acceptors (Lipinski definition) is 4. The van der Waals surface area contributed by atoms with Crippen LogP contribution in [-0.4, -0.2) is 10.9 Å². The van der Waals surface area contributed by atoms with Crippen molar-refractivity contribution in [2.24, 2.45) is 0 Å². The number of nitrogens with one attached hydrogen (secondary N) is 1. The van der Waals surface area contributed by atoms with E-state index in [-0.39, 0.29) is 11.8 Å². The Bertz CT molecular complexity index is 933. The van der Waals surface area contributed by atoms with E-state index in [2.05, 4.69) is 26.2 Å². The second-order valence-corrected chi connectivity index (χ2v) is 5.86. The molecule has 0 bridgehead atoms. The second kappa shape index (κ2) is 6.34. The van der Waals surface area contributed by atoms with Crippen molar-refractivity contribution in [2.75, 3.05) is 5.32 Å². The zero-order valence-corrected chi connectivity index (χ0v) is 13.9. The lowest BCUT2D eigenvalue weighted by atomic mass is 10.2. The molecule has 2 aromatic carbocycles. The fourth-order valence-corrected chi connectivity index (χ4v) is 2.47. The summed E-state index contributed by atoms with van der Waals surface area (Å²) in [6.07, 6.45) is 0.415. The highest BCUT2D eigenvalue weighted by Gasteiger charge is 2.09. The lowest BCUT2D eigenvalue weighted by molar-refractivity contribution is -0.115. The normalized spacial score (nSPS) is 10.7. The van der Waals surface area contributed by atoms with Crippen LogP contribution in [-0.2, 0) is 4.79 Å². The average molecular weight is 373 g/mol. The van der Waals surface area contributed by atoms with Gasteiger partial charge < -0.3 is 9.73 Å². The zero-order chi connectivity index (χ0) is 16.4. The molecule has 1 N–H and O–H groups in total. The highest BCUT2D eigenvalue weighted by Crippen LogP contribution is 2.22. The predicted molar refractivity (Wildman–Crippen MR) is 92.3 cm³/mol. The van der Waals surface area contributed by atoms with Crippen LogP contribution in [0.4, 0.5) is 5.69 Å². The van der Waals surface area contributed by atoms with E-state index in [0.29, 0.717) is 28.6 Å². The number of halogens is 1. The maximum atomic E-state index is 12.1. The molecule has 0 unspecified atom stereocenters. The Labute approximate surface area is 140 Å². The van der Waals surface area contributed by atoms with Gasteiger partial charge in [0.1, 0.15) is 0 Å². The molecule has 0 spiro atoms. The first-order valence-corrected chi connectivity index (χ1v) is 7.87. The van der Waals surface area contributed by atoms with E-state index in [1.807, 2.05) is 6.07 Å². The van der Waals surface area contributed by atoms with Crippen LogP contribution in [0.2, 0.25) is 0 Å². The van der Waals surface area contributed by atoms with Gasteiger partial charge in [0.15, 0.2) is 0 Å². The molecule has 0 aliphatic heterocycles. The van der Waals surface area contributed by atoms with E-state index in [1.54, 1.807) is 43.3 Å². The van der Waals surface area contributed by atoms with E-state index >= 15 is 0 Å². The van der Waals surface area contributed by atoms with Gasteiger partial charge in [-0.15, -0.1) is 0 Å². The predicted octanol–water partition coefficient (Wildman–Crippen LogP) is 3.97. The van der Waals surface area contributed by atoms with Crippen molar-refractivity contribution in [3.8, 4) is 11.5 Å². The number of anilines is 1. The van der Waals surface area contributed by atoms with Crippen LogP contribution in [0.3, 0.4) is 0 Å². The third kappa shape index (κ3) is 3.32. The monoisotopic (exact) mass is 372 g/mol. The largest absolute Gasteiger partial charge is 0.403 e. The van der Waals surface area contributed by atoms with Crippen LogP contribution in [0, 0.1) is 0 Å². The van der Waals surface area contributed by atoms with Gasteiger partial charge in [-0.05, 0) is 42.5 Å². The van der Waals surface area contributed by atoms with Gasteiger partial charge in [-0.3, -0.25) is 4.79 Å². The molecule has 0 radical (unpaired) electrons. The van der Waals surface area contributed by atoms with Crippen LogP contribution in [0.25, 0.3) is 22.4 Å². The second-order valence-electron chi connectivity index (χ2n) is 4.95. The van der Waals surface area contributed by atoms with E-state index in [9.17, 15) is 9.59 Å². The van der Waals surface area contributed by atoms with Gasteiger partial charge in [0.2, 0.25) is 11.8 Å². The first-order chi connectivity index (χ1) is 11.1. The first-order valence-electron chi connectivity index (χ1n) is 7.07. The third-order valence-electron chi connectivity index (χ3n) is 3.33. The first kappa shape index (κ1) is 15.4. The molecule has 6 heteroatoms. The van der Waals surface area contributed by atoms with Gasteiger partial charge in [0, 0.05) is 22.1 Å². The van der Waals surface area contributed by atoms with Gasteiger partial charge >= 0.3 is 5.63 Å². The number of aromatic nitrogens is 1. The van der Waals surface area contributed by atoms with Crippen molar-refractivity contribution < 1.29 is 9.21 Å². The van der Waals surface area contributed by atoms with Crippen LogP contribution in [0.15, 0.2) is 56.1 Å². The number of amides is 1. The summed E-state index contributed by atoms with van der Waals surface area (Å²) in [6.45, 7) is 1.79. The number of nitrogens with zero attached hydrogens (tertiary/aromatic N) is 1. The maximum Gasteiger partial charge on any atom is 0.347 e. The molecule has 0 atom stereocenters. The summed E-state index contributed by atoms with van der Waals surface area (Å²) in [7, 11) is 0. The Morgan fingerprint density at radius 1 is 1.22 bits per heavy atom. The molecule has 1 heterocycles. The number of fused-ring (bicyclic) bond motifs is 1. The highest BCUT2D eigenvalue weighted by molar-refractivity contribution is 9.10. The zero-order valence-electron chi connectivity index (χ0n) is 12.3. The molecule has 5 nitrogen and oxygen atoms in total. The number of hydrogen-bond donors (Lipinski definition) is 1. The fourth-order valence-electron chi connectivity index (χ4n) is 2.11. The lowest BCUT2D eigenvalue weighted by Crippen LogP contribution is -2.09. The highest BCUT2D eigenvalue weighted by atomic mass is 79.9. The van der Waals surface area contributed by atoms with Crippen molar-refractivity contribution in [2.45, 2.75) is 13.3 Å². The quantitative estimate of drug-likeness (QED) is 0.754. The SMILES string of the molecule is CCC(=O)Nc1ccc(-c2nc3ccc(Br)cc3c(=O)o2)cc1. The van der Waals surface area contributed by atoms with E-state index in [4.69, 9.17) is 4.42 Å². The summed E-state index contributed by atoms with van der Waals surface area (Å²) in [5, 5.41) is 3.19. The van der Waals surface area contributed by atoms with Gasteiger partial charge in [-0.25, -0.2) is 9.78 Å². The Morgan fingerprint density at radius 2 is 1.96 bits per heavy atom. The van der Waals surface area contributed by atoms with Gasteiger partial charge in [0.05, 0.1) is 10.9 Å². The number of carbonyl (C=O) groups excluding carboxylic acids is 1. The standard InChI is InChI=1S/C17H13BrN2O3/c1-2-15(21)19-12-6-3-10(4-7-12)16-20-14-8-5-11(18)9-13(14)17(22)23-16/h3-9H,2H2,1H3,(H,19,21). The number of benzene rings is 2. The van der Waals surface area contributed by atoms with E-state index in [0.717, 1.165) is 4.47 Å². The Balaban J connectivity index is 1.98. The van der Waals surface area contributed by atoms with Crippen molar-refractivity contribution >= 4 is 38.4 Å². The molecule has 0 fully saturated rings. The van der Waals surface area contributed by atoms with Crippen molar-refractivity contribution in [3.63, 3.8) is 0 Å². The maximum absolute atomic E-state index is 12.1. The molecule has 23 heavy (non-hydrogen) atoms. The molecule has 0 aliphatic carbocycles. The van der Waals surface area contributed by atoms with Crippen LogP contribution in [0.5, 0.6) is 0 Å². The molecule has 0 aliphatic rings. The summed E-state index contributed by atoms with van der Waals surface area (Å²) in [5.41, 5.74) is 1.49. The average Bonchev–Trinajstić information content (AvgIpc) is 2.56. The summed E-state index contributed by atoms with van der Waals surface area (Å²) < 4.78 is 6.09. The number of rotatable bonds is 3. The summed E-state index contributed by atoms with van der Waals surface area (Å²) in [6, 6.07) is 12.3. The van der Waals surface area contributed by atoms with Crippen molar-refractivity contribution in [1.82, 2.24) is 4.98 Å². The van der Waals surface area contributed by atoms with Gasteiger partial charge in [0.25, 0.3) is 0 Å². The Morgan fingerprint density at radius 3 is 2.65 bits per heavy atom. The molecule has 0 saturated heterocycles. The van der Waals surface area contributed by atoms with Crippen LogP contribution < -0.4 is 10.9 Å². The van der Waals surface area contributed by atoms with Crippen molar-refractivity contribution in [1.29, 1.82) is 0 Å². The van der Waals surface area contributed by atoms with Crippen LogP contribution in [0.1, 0.15) is 13.3 Å². The Hall–Kier alpha value is -2.47. The topological polar surface area (TPSA) is 72.2 Å². The molecule has 3 aromatic rings. The molecular weight excluding hydrogens is 360 g/mol. The van der Waals surface area contributed by atoms with Crippen molar-refractivity contribution in [3.05, 3.63) is 57.4 Å². The smallest absolute Gasteiger partial charge is 0.347 e. The van der Waals surface area contributed by atoms with Crippen LogP contribution >= 0.6 is 15.9 Å². The summed E-state index contributed by atoms with van der Waals surface area (Å²) in [5.74, 6) is 0.192. The molecule has 1 amide bonds. The van der Waals surface area contributed by atoms with E-state index < -0.39 is 5.63 Å². The number of carbonyl (C=O) groups is 1. The minimum absolute atomic E-state index is 0.0568. The molecule has 1 aromatic heterocycles. The Kier molecular flexibility index (Phi) is 4.25.